The molecule has 13 heteroatoms. The first-order chi connectivity index (χ1) is 26.3. The monoisotopic (exact) mass is 764 g/mol. The Hall–Kier alpha value is -6.21. The van der Waals surface area contributed by atoms with Crippen molar-refractivity contribution in [3.05, 3.63) is 154 Å². The molecule has 0 saturated carbocycles. The normalized spacial score (nSPS) is 11.9. The van der Waals surface area contributed by atoms with Crippen molar-refractivity contribution in [3.8, 4) is 16.9 Å². The van der Waals surface area contributed by atoms with E-state index in [1.54, 1.807) is 45.0 Å². The molecule has 0 spiro atoms. The van der Waals surface area contributed by atoms with Crippen LogP contribution in [0.1, 0.15) is 43.9 Å². The predicted octanol–water partition coefficient (Wildman–Crippen LogP) is 7.83. The number of rotatable bonds is 16. The molecule has 5 rings (SSSR count). The van der Waals surface area contributed by atoms with E-state index in [-0.39, 0.29) is 12.1 Å². The van der Waals surface area contributed by atoms with Crippen molar-refractivity contribution in [1.29, 1.82) is 0 Å². The maximum Gasteiger partial charge on any atom is 0.408 e. The Morgan fingerprint density at radius 2 is 1.40 bits per heavy atom. The van der Waals surface area contributed by atoms with E-state index >= 15 is 0 Å². The molecule has 55 heavy (non-hydrogen) atoms. The minimum absolute atomic E-state index is 0.103. The Morgan fingerprint density at radius 3 is 2.04 bits per heavy atom. The van der Waals surface area contributed by atoms with Gasteiger partial charge in [0.2, 0.25) is 0 Å². The number of amides is 2. The molecule has 0 aromatic heterocycles. The SMILES string of the molecule is CC(C)(C)OC(=O)N[C@@H](Cc1ccc(OCc2ccc(-c3ccccc3)cc2)cc1)C(=O)NS(=O)(=O)c1ccc(NCCCc2ccccc2)c([N+](=O)[O-])c1. The number of nitro benzene ring substituents is 1. The second-order valence-corrected chi connectivity index (χ2v) is 15.5. The molecular formula is C42H44N4O8S. The van der Waals surface area contributed by atoms with E-state index in [1.165, 1.54) is 12.1 Å². The van der Waals surface area contributed by atoms with Crippen molar-refractivity contribution in [2.24, 2.45) is 0 Å². The summed E-state index contributed by atoms with van der Waals surface area (Å²) in [4.78, 5) is 37.0. The van der Waals surface area contributed by atoms with Gasteiger partial charge in [0.05, 0.1) is 9.82 Å². The molecule has 0 fully saturated rings. The fraction of sp³-hybridized carbons (Fsp3) is 0.238. The Kier molecular flexibility index (Phi) is 13.2. The number of benzene rings is 5. The molecule has 0 aliphatic rings. The summed E-state index contributed by atoms with van der Waals surface area (Å²) in [5.41, 5.74) is 3.67. The summed E-state index contributed by atoms with van der Waals surface area (Å²) in [6, 6.07) is 36.7. The Morgan fingerprint density at radius 1 is 0.782 bits per heavy atom. The molecule has 0 bridgehead atoms. The largest absolute Gasteiger partial charge is 0.489 e. The van der Waals surface area contributed by atoms with Crippen LogP contribution in [0.2, 0.25) is 0 Å². The summed E-state index contributed by atoms with van der Waals surface area (Å²) in [6.07, 6.45) is 0.402. The van der Waals surface area contributed by atoms with Crippen molar-refractivity contribution < 1.29 is 32.4 Å². The van der Waals surface area contributed by atoms with E-state index in [0.29, 0.717) is 30.9 Å². The topological polar surface area (TPSA) is 166 Å². The second-order valence-electron chi connectivity index (χ2n) is 13.8. The lowest BCUT2D eigenvalue weighted by atomic mass is 10.0. The fourth-order valence-electron chi connectivity index (χ4n) is 5.61. The number of ether oxygens (including phenoxy) is 2. The summed E-state index contributed by atoms with van der Waals surface area (Å²) in [5, 5.41) is 17.4. The van der Waals surface area contributed by atoms with Crippen LogP contribution in [-0.2, 0) is 39.0 Å². The molecule has 1 atom stereocenters. The van der Waals surface area contributed by atoms with Crippen LogP contribution in [0, 0.1) is 10.1 Å². The Labute approximate surface area is 321 Å². The van der Waals surface area contributed by atoms with Crippen LogP contribution in [0.15, 0.2) is 132 Å². The molecule has 0 heterocycles. The minimum Gasteiger partial charge on any atom is -0.489 e. The third kappa shape index (κ3) is 12.2. The fourth-order valence-corrected chi connectivity index (χ4v) is 6.65. The quantitative estimate of drug-likeness (QED) is 0.0516. The van der Waals surface area contributed by atoms with Gasteiger partial charge in [0, 0.05) is 19.0 Å². The van der Waals surface area contributed by atoms with Crippen LogP contribution in [0.3, 0.4) is 0 Å². The van der Waals surface area contributed by atoms with Crippen molar-refractivity contribution in [2.75, 3.05) is 11.9 Å². The molecule has 12 nitrogen and oxygen atoms in total. The summed E-state index contributed by atoms with van der Waals surface area (Å²) < 4.78 is 40.1. The highest BCUT2D eigenvalue weighted by molar-refractivity contribution is 7.90. The first kappa shape index (κ1) is 40.0. The van der Waals surface area contributed by atoms with Gasteiger partial charge in [-0.2, -0.15) is 0 Å². The standard InChI is InChI=1S/C42H44N4O8S/c1-42(2,3)54-41(48)44-38(27-31-18-22-35(23-19-31)53-29-32-16-20-34(21-17-32)33-14-8-5-9-15-33)40(47)45-55(51,52)36-24-25-37(39(28-36)46(49)50)43-26-10-13-30-11-6-4-7-12-30/h4-9,11-12,14-25,28,38,43H,10,13,26-27,29H2,1-3H3,(H,44,48)(H,45,47)/t38-/m0/s1. The number of carbonyl (C=O) groups excluding carboxylic acids is 2. The number of carbonyl (C=O) groups is 2. The predicted molar refractivity (Wildman–Crippen MR) is 211 cm³/mol. The van der Waals surface area contributed by atoms with Gasteiger partial charge in [-0.1, -0.05) is 97.1 Å². The molecule has 0 saturated heterocycles. The molecule has 0 unspecified atom stereocenters. The molecule has 0 aliphatic heterocycles. The number of hydrogen-bond donors (Lipinski definition) is 3. The van der Waals surface area contributed by atoms with E-state index in [9.17, 15) is 28.1 Å². The highest BCUT2D eigenvalue weighted by Crippen LogP contribution is 2.28. The summed E-state index contributed by atoms with van der Waals surface area (Å²) in [7, 11) is -4.60. The maximum atomic E-state index is 13.5. The van der Waals surface area contributed by atoms with Gasteiger partial charge in [-0.25, -0.2) is 17.9 Å². The third-order valence-corrected chi connectivity index (χ3v) is 9.69. The van der Waals surface area contributed by atoms with Crippen LogP contribution in [-0.4, -0.2) is 43.5 Å². The molecule has 5 aromatic carbocycles. The zero-order valence-corrected chi connectivity index (χ0v) is 31.7. The molecule has 286 valence electrons. The van der Waals surface area contributed by atoms with E-state index < -0.39 is 49.2 Å². The number of nitro groups is 1. The van der Waals surface area contributed by atoms with Crippen molar-refractivity contribution in [3.63, 3.8) is 0 Å². The van der Waals surface area contributed by atoms with Gasteiger partial charge >= 0.3 is 6.09 Å². The van der Waals surface area contributed by atoms with Crippen LogP contribution in [0.5, 0.6) is 5.75 Å². The molecule has 5 aromatic rings. The minimum atomic E-state index is -4.60. The molecular weight excluding hydrogens is 721 g/mol. The summed E-state index contributed by atoms with van der Waals surface area (Å²) in [5.74, 6) is -0.494. The number of aryl methyl sites for hydroxylation is 1. The molecule has 0 aliphatic carbocycles. The third-order valence-electron chi connectivity index (χ3n) is 8.35. The average molecular weight is 765 g/mol. The molecule has 2 amide bonds. The first-order valence-corrected chi connectivity index (χ1v) is 19.2. The van der Waals surface area contributed by atoms with Gasteiger partial charge in [0.15, 0.2) is 0 Å². The zero-order chi connectivity index (χ0) is 39.4. The van der Waals surface area contributed by atoms with Gasteiger partial charge in [-0.3, -0.25) is 14.9 Å². The van der Waals surface area contributed by atoms with Crippen molar-refractivity contribution in [2.45, 2.75) is 63.2 Å². The van der Waals surface area contributed by atoms with Gasteiger partial charge in [0.1, 0.15) is 29.7 Å². The van der Waals surface area contributed by atoms with Crippen LogP contribution >= 0.6 is 0 Å². The maximum absolute atomic E-state index is 13.5. The van der Waals surface area contributed by atoms with E-state index in [1.807, 2.05) is 89.7 Å². The molecule has 3 N–H and O–H groups in total. The highest BCUT2D eigenvalue weighted by atomic mass is 32.2. The second kappa shape index (κ2) is 18.2. The summed E-state index contributed by atoms with van der Waals surface area (Å²) >= 11 is 0. The van der Waals surface area contributed by atoms with Crippen LogP contribution < -0.4 is 20.1 Å². The van der Waals surface area contributed by atoms with Gasteiger partial charge in [0.25, 0.3) is 21.6 Å². The lowest BCUT2D eigenvalue weighted by Crippen LogP contribution is -2.50. The van der Waals surface area contributed by atoms with Gasteiger partial charge < -0.3 is 20.1 Å². The number of hydrogen-bond acceptors (Lipinski definition) is 9. The number of sulfonamides is 1. The smallest absolute Gasteiger partial charge is 0.408 e. The van der Waals surface area contributed by atoms with Gasteiger partial charge in [-0.15, -0.1) is 0 Å². The lowest BCUT2D eigenvalue weighted by molar-refractivity contribution is -0.384. The first-order valence-electron chi connectivity index (χ1n) is 17.7. The van der Waals surface area contributed by atoms with E-state index in [4.69, 9.17) is 9.47 Å². The summed E-state index contributed by atoms with van der Waals surface area (Å²) in [6.45, 7) is 5.68. The van der Waals surface area contributed by atoms with Crippen LogP contribution in [0.25, 0.3) is 11.1 Å². The number of nitrogens with one attached hydrogen (secondary N) is 3. The molecule has 0 radical (unpaired) electrons. The highest BCUT2D eigenvalue weighted by Gasteiger charge is 2.30. The van der Waals surface area contributed by atoms with Crippen molar-refractivity contribution >= 4 is 33.4 Å². The van der Waals surface area contributed by atoms with Crippen LogP contribution in [0.4, 0.5) is 16.2 Å². The lowest BCUT2D eigenvalue weighted by Gasteiger charge is -2.23. The van der Waals surface area contributed by atoms with E-state index in [0.717, 1.165) is 34.7 Å². The Balaban J connectivity index is 1.24. The number of alkyl carbamates (subject to hydrolysis) is 1. The van der Waals surface area contributed by atoms with E-state index in [2.05, 4.69) is 10.6 Å². The van der Waals surface area contributed by atoms with Crippen molar-refractivity contribution in [1.82, 2.24) is 10.0 Å². The zero-order valence-electron chi connectivity index (χ0n) is 30.9. The Bertz CT molecular complexity index is 2170. The average Bonchev–Trinajstić information content (AvgIpc) is 3.16. The number of nitrogens with zero attached hydrogens (tertiary/aromatic N) is 1. The van der Waals surface area contributed by atoms with Gasteiger partial charge in [-0.05, 0) is 85.7 Å². The number of anilines is 1.